The van der Waals surface area contributed by atoms with Crippen LogP contribution in [0.4, 0.5) is 0 Å². The standard InChI is InChI=1S/C16H15N/c1-12-3-8-16(13(2)11-12)15-6-4-14(5-7-15)9-10-17/h3-8,11H,9H2,1-2H3. The zero-order valence-corrected chi connectivity index (χ0v) is 10.2. The first-order chi connectivity index (χ1) is 8.20. The molecule has 0 unspecified atom stereocenters. The van der Waals surface area contributed by atoms with E-state index in [1.54, 1.807) is 0 Å². The van der Waals surface area contributed by atoms with Gasteiger partial charge in [0.1, 0.15) is 0 Å². The van der Waals surface area contributed by atoms with Crippen LogP contribution < -0.4 is 0 Å². The third-order valence-corrected chi connectivity index (χ3v) is 2.93. The fraction of sp³-hybridized carbons (Fsp3) is 0.188. The Morgan fingerprint density at radius 3 is 2.29 bits per heavy atom. The van der Waals surface area contributed by atoms with Crippen LogP contribution in [0.3, 0.4) is 0 Å². The maximum absolute atomic E-state index is 8.63. The van der Waals surface area contributed by atoms with Gasteiger partial charge in [-0.3, -0.25) is 0 Å². The van der Waals surface area contributed by atoms with E-state index >= 15 is 0 Å². The van der Waals surface area contributed by atoms with Crippen molar-refractivity contribution in [3.63, 3.8) is 0 Å². The van der Waals surface area contributed by atoms with E-state index < -0.39 is 0 Å². The number of hydrogen-bond donors (Lipinski definition) is 0. The molecule has 2 rings (SSSR count). The van der Waals surface area contributed by atoms with Crippen LogP contribution in [-0.2, 0) is 6.42 Å². The van der Waals surface area contributed by atoms with Crippen molar-refractivity contribution >= 4 is 0 Å². The van der Waals surface area contributed by atoms with Crippen molar-refractivity contribution in [1.29, 1.82) is 5.26 Å². The summed E-state index contributed by atoms with van der Waals surface area (Å²) in [5.41, 5.74) is 6.12. The van der Waals surface area contributed by atoms with E-state index in [2.05, 4.69) is 50.2 Å². The van der Waals surface area contributed by atoms with Crippen LogP contribution >= 0.6 is 0 Å². The van der Waals surface area contributed by atoms with Gasteiger partial charge in [0.15, 0.2) is 0 Å². The first-order valence-electron chi connectivity index (χ1n) is 5.74. The van der Waals surface area contributed by atoms with Crippen LogP contribution in [0, 0.1) is 25.2 Å². The predicted octanol–water partition coefficient (Wildman–Crippen LogP) is 4.04. The van der Waals surface area contributed by atoms with Crippen LogP contribution in [0.2, 0.25) is 0 Å². The van der Waals surface area contributed by atoms with Crippen molar-refractivity contribution < 1.29 is 0 Å². The lowest BCUT2D eigenvalue weighted by Crippen LogP contribution is -1.86. The maximum atomic E-state index is 8.63. The molecular formula is C16H15N. The minimum absolute atomic E-state index is 0.479. The Balaban J connectivity index is 2.37. The number of hydrogen-bond acceptors (Lipinski definition) is 1. The lowest BCUT2D eigenvalue weighted by Gasteiger charge is -2.07. The molecule has 2 aromatic rings. The highest BCUT2D eigenvalue weighted by molar-refractivity contribution is 5.67. The summed E-state index contributed by atoms with van der Waals surface area (Å²) in [5, 5.41) is 8.63. The molecule has 0 saturated carbocycles. The highest BCUT2D eigenvalue weighted by Crippen LogP contribution is 2.24. The van der Waals surface area contributed by atoms with Crippen LogP contribution in [-0.4, -0.2) is 0 Å². The van der Waals surface area contributed by atoms with Gasteiger partial charge in [-0.2, -0.15) is 5.26 Å². The highest BCUT2D eigenvalue weighted by Gasteiger charge is 2.01. The number of rotatable bonds is 2. The Bertz CT molecular complexity index is 559. The second-order valence-corrected chi connectivity index (χ2v) is 4.35. The zero-order valence-electron chi connectivity index (χ0n) is 10.2. The minimum Gasteiger partial charge on any atom is -0.198 e. The summed E-state index contributed by atoms with van der Waals surface area (Å²) in [6.07, 6.45) is 0.479. The average Bonchev–Trinajstić information content (AvgIpc) is 2.31. The Labute approximate surface area is 102 Å². The Kier molecular flexibility index (Phi) is 3.25. The molecule has 0 atom stereocenters. The quantitative estimate of drug-likeness (QED) is 0.751. The van der Waals surface area contributed by atoms with Gasteiger partial charge in [-0.05, 0) is 36.1 Å². The van der Waals surface area contributed by atoms with E-state index in [1.165, 1.54) is 22.3 Å². The smallest absolute Gasteiger partial charge is 0.0669 e. The zero-order chi connectivity index (χ0) is 12.3. The molecule has 2 aromatic carbocycles. The van der Waals surface area contributed by atoms with Crippen molar-refractivity contribution in [2.24, 2.45) is 0 Å². The summed E-state index contributed by atoms with van der Waals surface area (Å²) in [7, 11) is 0. The van der Waals surface area contributed by atoms with Crippen LogP contribution in [0.25, 0.3) is 11.1 Å². The van der Waals surface area contributed by atoms with Gasteiger partial charge in [-0.25, -0.2) is 0 Å². The van der Waals surface area contributed by atoms with E-state index in [4.69, 9.17) is 5.26 Å². The third-order valence-electron chi connectivity index (χ3n) is 2.93. The fourth-order valence-electron chi connectivity index (χ4n) is 2.03. The fourth-order valence-corrected chi connectivity index (χ4v) is 2.03. The summed E-state index contributed by atoms with van der Waals surface area (Å²) < 4.78 is 0. The molecule has 84 valence electrons. The lowest BCUT2D eigenvalue weighted by atomic mass is 9.97. The van der Waals surface area contributed by atoms with E-state index in [0.29, 0.717) is 6.42 Å². The molecule has 0 heterocycles. The van der Waals surface area contributed by atoms with E-state index in [1.807, 2.05) is 12.1 Å². The molecule has 0 N–H and O–H groups in total. The van der Waals surface area contributed by atoms with Gasteiger partial charge in [0, 0.05) is 0 Å². The number of aryl methyl sites for hydroxylation is 2. The molecule has 1 nitrogen and oxygen atoms in total. The SMILES string of the molecule is Cc1ccc(-c2ccc(CC#N)cc2)c(C)c1. The molecule has 0 saturated heterocycles. The summed E-state index contributed by atoms with van der Waals surface area (Å²) in [6.45, 7) is 4.23. The van der Waals surface area contributed by atoms with Crippen molar-refractivity contribution in [2.75, 3.05) is 0 Å². The number of nitrogens with zero attached hydrogens (tertiary/aromatic N) is 1. The molecular weight excluding hydrogens is 206 g/mol. The molecule has 1 heteroatoms. The Hall–Kier alpha value is -2.07. The topological polar surface area (TPSA) is 23.8 Å². The van der Waals surface area contributed by atoms with Gasteiger partial charge in [0.05, 0.1) is 12.5 Å². The lowest BCUT2D eigenvalue weighted by molar-refractivity contribution is 1.26. The number of benzene rings is 2. The summed E-state index contributed by atoms with van der Waals surface area (Å²) in [4.78, 5) is 0. The van der Waals surface area contributed by atoms with Crippen molar-refractivity contribution in [3.8, 4) is 17.2 Å². The van der Waals surface area contributed by atoms with E-state index in [-0.39, 0.29) is 0 Å². The summed E-state index contributed by atoms with van der Waals surface area (Å²) in [6, 6.07) is 16.9. The molecule has 0 radical (unpaired) electrons. The van der Waals surface area contributed by atoms with Crippen molar-refractivity contribution in [1.82, 2.24) is 0 Å². The highest BCUT2D eigenvalue weighted by atomic mass is 14.2. The minimum atomic E-state index is 0.479. The third kappa shape index (κ3) is 2.54. The van der Waals surface area contributed by atoms with E-state index in [0.717, 1.165) is 5.56 Å². The first kappa shape index (κ1) is 11.4. The molecule has 0 aliphatic rings. The molecule has 0 aromatic heterocycles. The normalized spacial score (nSPS) is 9.94. The molecule has 0 spiro atoms. The number of nitriles is 1. The summed E-state index contributed by atoms with van der Waals surface area (Å²) >= 11 is 0. The monoisotopic (exact) mass is 221 g/mol. The Morgan fingerprint density at radius 1 is 1.00 bits per heavy atom. The largest absolute Gasteiger partial charge is 0.198 e. The van der Waals surface area contributed by atoms with Crippen molar-refractivity contribution in [3.05, 3.63) is 59.2 Å². The maximum Gasteiger partial charge on any atom is 0.0669 e. The van der Waals surface area contributed by atoms with Gasteiger partial charge in [0.2, 0.25) is 0 Å². The molecule has 0 aliphatic carbocycles. The van der Waals surface area contributed by atoms with E-state index in [9.17, 15) is 0 Å². The molecule has 0 amide bonds. The summed E-state index contributed by atoms with van der Waals surface area (Å²) in [5.74, 6) is 0. The van der Waals surface area contributed by atoms with Crippen LogP contribution in [0.5, 0.6) is 0 Å². The first-order valence-corrected chi connectivity index (χ1v) is 5.74. The predicted molar refractivity (Wildman–Crippen MR) is 70.7 cm³/mol. The van der Waals surface area contributed by atoms with Crippen LogP contribution in [0.1, 0.15) is 16.7 Å². The average molecular weight is 221 g/mol. The van der Waals surface area contributed by atoms with Gasteiger partial charge < -0.3 is 0 Å². The van der Waals surface area contributed by atoms with Gasteiger partial charge in [-0.15, -0.1) is 0 Å². The second kappa shape index (κ2) is 4.84. The van der Waals surface area contributed by atoms with Gasteiger partial charge in [-0.1, -0.05) is 48.0 Å². The Morgan fingerprint density at radius 2 is 1.71 bits per heavy atom. The molecule has 17 heavy (non-hydrogen) atoms. The second-order valence-electron chi connectivity index (χ2n) is 4.35. The van der Waals surface area contributed by atoms with Gasteiger partial charge in [0.25, 0.3) is 0 Å². The van der Waals surface area contributed by atoms with Crippen molar-refractivity contribution in [2.45, 2.75) is 20.3 Å². The van der Waals surface area contributed by atoms with Gasteiger partial charge >= 0.3 is 0 Å². The molecule has 0 bridgehead atoms. The molecule has 0 fully saturated rings. The van der Waals surface area contributed by atoms with Crippen LogP contribution in [0.15, 0.2) is 42.5 Å². The molecule has 0 aliphatic heterocycles.